The SMILES string of the molecule is COC(=O)N[C@H](C(=O)N1[C@H](C(=O)O)C[C@@H]2CCC[C@@H]21)[C@@H](C)OC. The first-order chi connectivity index (χ1) is 10.9. The molecule has 2 N–H and O–H groups in total. The Hall–Kier alpha value is -1.83. The van der Waals surface area contributed by atoms with Gasteiger partial charge in [-0.25, -0.2) is 9.59 Å². The third-order valence-electron chi connectivity index (χ3n) is 4.94. The van der Waals surface area contributed by atoms with Crippen LogP contribution in [0.15, 0.2) is 0 Å². The lowest BCUT2D eigenvalue weighted by Crippen LogP contribution is -2.58. The molecule has 1 saturated heterocycles. The second kappa shape index (κ2) is 7.16. The van der Waals surface area contributed by atoms with Crippen molar-refractivity contribution in [3.05, 3.63) is 0 Å². The number of nitrogens with zero attached hydrogens (tertiary/aromatic N) is 1. The van der Waals surface area contributed by atoms with Crippen molar-refractivity contribution >= 4 is 18.0 Å². The molecule has 23 heavy (non-hydrogen) atoms. The van der Waals surface area contributed by atoms with Gasteiger partial charge >= 0.3 is 12.1 Å². The average Bonchev–Trinajstić information content (AvgIpc) is 3.11. The van der Waals surface area contributed by atoms with Crippen molar-refractivity contribution in [1.29, 1.82) is 0 Å². The van der Waals surface area contributed by atoms with Gasteiger partial charge in [0.2, 0.25) is 5.91 Å². The van der Waals surface area contributed by atoms with E-state index in [0.29, 0.717) is 6.42 Å². The predicted molar refractivity (Wildman–Crippen MR) is 79.8 cm³/mol. The summed E-state index contributed by atoms with van der Waals surface area (Å²) in [6, 6.07) is -1.90. The van der Waals surface area contributed by atoms with Crippen LogP contribution in [0.5, 0.6) is 0 Å². The molecule has 2 rings (SSSR count). The summed E-state index contributed by atoms with van der Waals surface area (Å²) in [4.78, 5) is 37.5. The van der Waals surface area contributed by atoms with E-state index < -0.39 is 36.2 Å². The number of carbonyl (C=O) groups excluding carboxylic acids is 2. The summed E-state index contributed by atoms with van der Waals surface area (Å²) in [7, 11) is 2.64. The Kier molecular flexibility index (Phi) is 5.46. The molecule has 0 unspecified atom stereocenters. The minimum Gasteiger partial charge on any atom is -0.480 e. The predicted octanol–water partition coefficient (Wildman–Crippen LogP) is 0.600. The van der Waals surface area contributed by atoms with E-state index in [1.54, 1.807) is 6.92 Å². The van der Waals surface area contributed by atoms with Crippen molar-refractivity contribution in [3.63, 3.8) is 0 Å². The van der Waals surface area contributed by atoms with Crippen molar-refractivity contribution in [3.8, 4) is 0 Å². The third-order valence-corrected chi connectivity index (χ3v) is 4.94. The number of carboxylic acid groups (broad SMARTS) is 1. The van der Waals surface area contributed by atoms with Gasteiger partial charge in [-0.05, 0) is 32.1 Å². The van der Waals surface area contributed by atoms with Gasteiger partial charge in [0, 0.05) is 13.2 Å². The number of ether oxygens (including phenoxy) is 2. The molecule has 130 valence electrons. The maximum atomic E-state index is 13.0. The molecule has 0 bridgehead atoms. The molecular formula is C15H24N2O6. The molecule has 1 heterocycles. The summed E-state index contributed by atoms with van der Waals surface area (Å²) in [5.41, 5.74) is 0. The maximum Gasteiger partial charge on any atom is 0.407 e. The number of hydrogen-bond donors (Lipinski definition) is 2. The molecule has 8 nitrogen and oxygen atoms in total. The highest BCUT2D eigenvalue weighted by Gasteiger charge is 2.50. The van der Waals surface area contributed by atoms with Crippen molar-refractivity contribution in [2.24, 2.45) is 5.92 Å². The number of rotatable bonds is 5. The van der Waals surface area contributed by atoms with Gasteiger partial charge in [-0.3, -0.25) is 4.79 Å². The van der Waals surface area contributed by atoms with E-state index in [1.165, 1.54) is 19.1 Å². The number of aliphatic carboxylic acids is 1. The molecule has 0 aromatic rings. The molecule has 1 saturated carbocycles. The van der Waals surface area contributed by atoms with Crippen LogP contribution in [0.25, 0.3) is 0 Å². The highest BCUT2D eigenvalue weighted by molar-refractivity contribution is 5.90. The molecule has 1 aliphatic carbocycles. The summed E-state index contributed by atoms with van der Waals surface area (Å²) in [6.45, 7) is 1.65. The monoisotopic (exact) mass is 328 g/mol. The van der Waals surface area contributed by atoms with Crippen LogP contribution >= 0.6 is 0 Å². The number of likely N-dealkylation sites (tertiary alicyclic amines) is 1. The molecule has 5 atom stereocenters. The van der Waals surface area contributed by atoms with Crippen molar-refractivity contribution in [1.82, 2.24) is 10.2 Å². The van der Waals surface area contributed by atoms with Crippen LogP contribution in [0, 0.1) is 5.92 Å². The first-order valence-electron chi connectivity index (χ1n) is 7.83. The highest BCUT2D eigenvalue weighted by atomic mass is 16.5. The Morgan fingerprint density at radius 3 is 2.52 bits per heavy atom. The third kappa shape index (κ3) is 3.41. The van der Waals surface area contributed by atoms with Crippen molar-refractivity contribution in [2.75, 3.05) is 14.2 Å². The van der Waals surface area contributed by atoms with E-state index in [0.717, 1.165) is 19.3 Å². The fraction of sp³-hybridized carbons (Fsp3) is 0.800. The number of carboxylic acids is 1. The Bertz CT molecular complexity index is 483. The first kappa shape index (κ1) is 17.5. The minimum absolute atomic E-state index is 0.0744. The molecule has 8 heteroatoms. The van der Waals surface area contributed by atoms with E-state index in [-0.39, 0.29) is 12.0 Å². The van der Waals surface area contributed by atoms with Crippen LogP contribution < -0.4 is 5.32 Å². The summed E-state index contributed by atoms with van der Waals surface area (Å²) in [5, 5.41) is 11.9. The standard InChI is InChI=1S/C15H24N2O6/c1-8(22-2)12(16-15(21)23-3)13(18)17-10-6-4-5-9(10)7-11(17)14(19)20/h8-12H,4-7H2,1-3H3,(H,16,21)(H,19,20)/t8-,9+,10+,11+,12+/m1/s1. The molecule has 0 aromatic heterocycles. The number of alkyl carbamates (subject to hydrolysis) is 1. The maximum absolute atomic E-state index is 13.0. The Morgan fingerprint density at radius 1 is 1.26 bits per heavy atom. The lowest BCUT2D eigenvalue weighted by atomic mass is 10.0. The number of amides is 2. The second-order valence-electron chi connectivity index (χ2n) is 6.15. The number of fused-ring (bicyclic) bond motifs is 1. The lowest BCUT2D eigenvalue weighted by molar-refractivity contribution is -0.152. The van der Waals surface area contributed by atoms with Gasteiger partial charge in [-0.1, -0.05) is 6.42 Å². The molecule has 2 amide bonds. The van der Waals surface area contributed by atoms with Gasteiger partial charge in [0.1, 0.15) is 12.1 Å². The number of hydrogen-bond acceptors (Lipinski definition) is 5. The molecule has 1 aliphatic heterocycles. The minimum atomic E-state index is -1.00. The van der Waals surface area contributed by atoms with Gasteiger partial charge in [-0.2, -0.15) is 0 Å². The number of carbonyl (C=O) groups is 3. The quantitative estimate of drug-likeness (QED) is 0.766. The normalized spacial score (nSPS) is 28.8. The first-order valence-corrected chi connectivity index (χ1v) is 7.83. The van der Waals surface area contributed by atoms with Crippen LogP contribution in [0.1, 0.15) is 32.6 Å². The van der Waals surface area contributed by atoms with Crippen LogP contribution in [-0.4, -0.2) is 66.4 Å². The zero-order chi connectivity index (χ0) is 17.1. The molecule has 2 fully saturated rings. The van der Waals surface area contributed by atoms with Gasteiger partial charge in [0.25, 0.3) is 0 Å². The molecule has 2 aliphatic rings. The summed E-state index contributed by atoms with van der Waals surface area (Å²) in [6.07, 6.45) is 1.84. The van der Waals surface area contributed by atoms with E-state index in [1.807, 2.05) is 0 Å². The molecular weight excluding hydrogens is 304 g/mol. The lowest BCUT2D eigenvalue weighted by Gasteiger charge is -2.33. The van der Waals surface area contributed by atoms with Crippen LogP contribution in [0.4, 0.5) is 4.79 Å². The topological polar surface area (TPSA) is 105 Å². The van der Waals surface area contributed by atoms with Gasteiger partial charge in [-0.15, -0.1) is 0 Å². The van der Waals surface area contributed by atoms with Crippen molar-refractivity contribution < 1.29 is 29.0 Å². The van der Waals surface area contributed by atoms with Crippen molar-refractivity contribution in [2.45, 2.75) is 56.8 Å². The van der Waals surface area contributed by atoms with E-state index in [9.17, 15) is 19.5 Å². The fourth-order valence-electron chi connectivity index (χ4n) is 3.69. The fourth-order valence-corrected chi connectivity index (χ4v) is 3.69. The second-order valence-corrected chi connectivity index (χ2v) is 6.15. The summed E-state index contributed by atoms with van der Waals surface area (Å²) < 4.78 is 9.74. The zero-order valence-electron chi connectivity index (χ0n) is 13.7. The average molecular weight is 328 g/mol. The van der Waals surface area contributed by atoms with Crippen LogP contribution in [0.2, 0.25) is 0 Å². The highest BCUT2D eigenvalue weighted by Crippen LogP contribution is 2.41. The van der Waals surface area contributed by atoms with E-state index >= 15 is 0 Å². The largest absolute Gasteiger partial charge is 0.480 e. The molecule has 0 aromatic carbocycles. The Morgan fingerprint density at radius 2 is 1.96 bits per heavy atom. The number of nitrogens with one attached hydrogen (secondary N) is 1. The summed E-state index contributed by atoms with van der Waals surface area (Å²) >= 11 is 0. The Labute approximate surface area is 135 Å². The van der Waals surface area contributed by atoms with Crippen LogP contribution in [0.3, 0.4) is 0 Å². The molecule has 0 radical (unpaired) electrons. The zero-order valence-corrected chi connectivity index (χ0v) is 13.7. The molecule has 0 spiro atoms. The smallest absolute Gasteiger partial charge is 0.407 e. The number of methoxy groups -OCH3 is 2. The van der Waals surface area contributed by atoms with Gasteiger partial charge in [0.15, 0.2) is 0 Å². The Balaban J connectivity index is 2.24. The van der Waals surface area contributed by atoms with Gasteiger partial charge in [0.05, 0.1) is 13.2 Å². The van der Waals surface area contributed by atoms with E-state index in [4.69, 9.17) is 4.74 Å². The van der Waals surface area contributed by atoms with Crippen LogP contribution in [-0.2, 0) is 19.1 Å². The van der Waals surface area contributed by atoms with E-state index in [2.05, 4.69) is 10.1 Å². The van der Waals surface area contributed by atoms with Gasteiger partial charge < -0.3 is 24.8 Å². The summed E-state index contributed by atoms with van der Waals surface area (Å²) in [5.74, 6) is -1.21.